The molecule has 6 heteroatoms. The molecule has 30 heavy (non-hydrogen) atoms. The highest BCUT2D eigenvalue weighted by Gasteiger charge is 2.48. The van der Waals surface area contributed by atoms with Crippen LogP contribution < -0.4 is 0 Å². The number of carbonyl (C=O) groups is 2. The lowest BCUT2D eigenvalue weighted by atomic mass is 9.71. The average molecular weight is 431 g/mol. The molecular formula is C24H31ClN2O3. The zero-order valence-corrected chi connectivity index (χ0v) is 18.7. The van der Waals surface area contributed by atoms with E-state index in [0.29, 0.717) is 6.61 Å². The normalized spacial score (nSPS) is 27.4. The molecule has 3 aliphatic heterocycles. The molecule has 0 radical (unpaired) electrons. The maximum absolute atomic E-state index is 13.5. The topological polar surface area (TPSA) is 49.9 Å². The zero-order valence-electron chi connectivity index (χ0n) is 17.9. The van der Waals surface area contributed by atoms with E-state index in [0.717, 1.165) is 56.0 Å². The van der Waals surface area contributed by atoms with Crippen LogP contribution in [-0.2, 0) is 14.3 Å². The summed E-state index contributed by atoms with van der Waals surface area (Å²) in [6, 6.07) is 7.86. The van der Waals surface area contributed by atoms with Gasteiger partial charge in [0.25, 0.3) is 0 Å². The number of halogens is 1. The number of likely N-dealkylation sites (tertiary alicyclic amines) is 2. The van der Waals surface area contributed by atoms with E-state index in [1.165, 1.54) is 6.08 Å². The Balaban J connectivity index is 1.44. The van der Waals surface area contributed by atoms with Gasteiger partial charge in [-0.05, 0) is 50.8 Å². The summed E-state index contributed by atoms with van der Waals surface area (Å²) in [5.74, 6) is 0.00903. The molecule has 3 fully saturated rings. The Bertz CT molecular complexity index is 837. The summed E-state index contributed by atoms with van der Waals surface area (Å²) in [7, 11) is 0. The van der Waals surface area contributed by atoms with E-state index in [1.807, 2.05) is 34.1 Å². The number of ether oxygens (including phenoxy) is 1. The van der Waals surface area contributed by atoms with Crippen molar-refractivity contribution in [1.29, 1.82) is 0 Å². The van der Waals surface area contributed by atoms with Crippen LogP contribution in [0.3, 0.4) is 0 Å². The molecule has 2 unspecified atom stereocenters. The first kappa shape index (κ1) is 21.4. The fraction of sp³-hybridized carbons (Fsp3) is 0.583. The third-order valence-electron chi connectivity index (χ3n) is 7.15. The lowest BCUT2D eigenvalue weighted by molar-refractivity contribution is -0.156. The smallest absolute Gasteiger partial charge is 0.245 e. The predicted molar refractivity (Wildman–Crippen MR) is 117 cm³/mol. The number of rotatable bonds is 3. The minimum atomic E-state index is -0.278. The molecule has 1 spiro atoms. The third-order valence-corrected chi connectivity index (χ3v) is 7.49. The monoisotopic (exact) mass is 430 g/mol. The van der Waals surface area contributed by atoms with Crippen molar-refractivity contribution in [3.05, 3.63) is 47.5 Å². The van der Waals surface area contributed by atoms with Crippen LogP contribution in [0.15, 0.2) is 36.9 Å². The Labute approximate surface area is 184 Å². The summed E-state index contributed by atoms with van der Waals surface area (Å²) in [5.41, 5.74) is 0.933. The van der Waals surface area contributed by atoms with Crippen molar-refractivity contribution in [1.82, 2.24) is 9.80 Å². The van der Waals surface area contributed by atoms with Gasteiger partial charge in [0.2, 0.25) is 11.8 Å². The molecule has 0 aromatic heterocycles. The Hall–Kier alpha value is -1.85. The molecule has 1 aromatic carbocycles. The second kappa shape index (κ2) is 8.01. The zero-order chi connectivity index (χ0) is 21.5. The SMILES string of the molecule is C=CC(=O)N1CC2(CCN(C(=O)C3COC(C)(C)CC3c3ccccc3Cl)CC2)C1. The van der Waals surface area contributed by atoms with Gasteiger partial charge in [-0.2, -0.15) is 0 Å². The quantitative estimate of drug-likeness (QED) is 0.684. The summed E-state index contributed by atoms with van der Waals surface area (Å²) in [5, 5.41) is 0.719. The van der Waals surface area contributed by atoms with Gasteiger partial charge in [0.1, 0.15) is 0 Å². The minimum absolute atomic E-state index is 0.00341. The van der Waals surface area contributed by atoms with E-state index in [1.54, 1.807) is 0 Å². The standard InChI is InChI=1S/C24H31ClN2O3/c1-4-21(28)27-15-24(16-27)9-11-26(12-10-24)22(29)19-14-30-23(2,3)13-18(19)17-7-5-6-8-20(17)25/h4-8,18-19H,1,9-16H2,2-3H3. The number of hydrogen-bond donors (Lipinski definition) is 0. The highest BCUT2D eigenvalue weighted by molar-refractivity contribution is 6.31. The van der Waals surface area contributed by atoms with Crippen LogP contribution in [0.2, 0.25) is 5.02 Å². The molecule has 0 bridgehead atoms. The van der Waals surface area contributed by atoms with Crippen LogP contribution in [0.25, 0.3) is 0 Å². The molecule has 5 nitrogen and oxygen atoms in total. The van der Waals surface area contributed by atoms with E-state index >= 15 is 0 Å². The Morgan fingerprint density at radius 3 is 2.47 bits per heavy atom. The van der Waals surface area contributed by atoms with Crippen LogP contribution in [0.5, 0.6) is 0 Å². The van der Waals surface area contributed by atoms with Crippen molar-refractivity contribution in [3.63, 3.8) is 0 Å². The van der Waals surface area contributed by atoms with Crippen molar-refractivity contribution < 1.29 is 14.3 Å². The number of amides is 2. The molecule has 3 aliphatic rings. The van der Waals surface area contributed by atoms with Crippen LogP contribution in [-0.4, -0.2) is 60.0 Å². The van der Waals surface area contributed by atoms with E-state index in [-0.39, 0.29) is 34.7 Å². The Kier molecular flexibility index (Phi) is 5.71. The van der Waals surface area contributed by atoms with Crippen LogP contribution >= 0.6 is 11.6 Å². The van der Waals surface area contributed by atoms with Gasteiger partial charge in [0, 0.05) is 42.5 Å². The molecule has 3 saturated heterocycles. The molecule has 3 heterocycles. The van der Waals surface area contributed by atoms with Crippen molar-refractivity contribution in [2.75, 3.05) is 32.8 Å². The largest absolute Gasteiger partial charge is 0.375 e. The second-order valence-corrected chi connectivity index (χ2v) is 10.1. The molecule has 0 saturated carbocycles. The van der Waals surface area contributed by atoms with Crippen molar-refractivity contribution in [3.8, 4) is 0 Å². The summed E-state index contributed by atoms with van der Waals surface area (Å²) in [4.78, 5) is 29.1. The van der Waals surface area contributed by atoms with Gasteiger partial charge in [-0.1, -0.05) is 36.4 Å². The lowest BCUT2D eigenvalue weighted by Crippen LogP contribution is -2.62. The summed E-state index contributed by atoms with van der Waals surface area (Å²) < 4.78 is 6.06. The maximum Gasteiger partial charge on any atom is 0.245 e. The highest BCUT2D eigenvalue weighted by Crippen LogP contribution is 2.44. The molecule has 0 N–H and O–H groups in total. The maximum atomic E-state index is 13.5. The van der Waals surface area contributed by atoms with E-state index in [2.05, 4.69) is 20.4 Å². The van der Waals surface area contributed by atoms with Gasteiger partial charge < -0.3 is 14.5 Å². The number of piperidine rings is 1. The van der Waals surface area contributed by atoms with Gasteiger partial charge in [-0.25, -0.2) is 0 Å². The molecule has 2 amide bonds. The molecule has 4 rings (SSSR count). The first-order valence-electron chi connectivity index (χ1n) is 10.8. The minimum Gasteiger partial charge on any atom is -0.375 e. The molecule has 1 aromatic rings. The first-order chi connectivity index (χ1) is 14.2. The number of nitrogens with zero attached hydrogens (tertiary/aromatic N) is 2. The van der Waals surface area contributed by atoms with Crippen LogP contribution in [0.1, 0.15) is 44.6 Å². The van der Waals surface area contributed by atoms with E-state index < -0.39 is 0 Å². The van der Waals surface area contributed by atoms with Gasteiger partial charge in [-0.3, -0.25) is 9.59 Å². The number of hydrogen-bond acceptors (Lipinski definition) is 3. The molecule has 0 aliphatic carbocycles. The highest BCUT2D eigenvalue weighted by atomic mass is 35.5. The van der Waals surface area contributed by atoms with Gasteiger partial charge >= 0.3 is 0 Å². The van der Waals surface area contributed by atoms with Gasteiger partial charge in [0.15, 0.2) is 0 Å². The van der Waals surface area contributed by atoms with Crippen molar-refractivity contribution in [2.24, 2.45) is 11.3 Å². The number of carbonyl (C=O) groups excluding carboxylic acids is 2. The second-order valence-electron chi connectivity index (χ2n) is 9.73. The van der Waals surface area contributed by atoms with Crippen molar-refractivity contribution in [2.45, 2.75) is 44.6 Å². The van der Waals surface area contributed by atoms with Crippen LogP contribution in [0.4, 0.5) is 0 Å². The fourth-order valence-electron chi connectivity index (χ4n) is 5.31. The Morgan fingerprint density at radius 1 is 1.17 bits per heavy atom. The summed E-state index contributed by atoms with van der Waals surface area (Å²) >= 11 is 6.52. The fourth-order valence-corrected chi connectivity index (χ4v) is 5.58. The lowest BCUT2D eigenvalue weighted by Gasteiger charge is -2.54. The molecule has 2 atom stereocenters. The molecular weight excluding hydrogens is 400 g/mol. The van der Waals surface area contributed by atoms with E-state index in [9.17, 15) is 9.59 Å². The molecule has 162 valence electrons. The summed E-state index contributed by atoms with van der Waals surface area (Å²) in [6.45, 7) is 11.2. The van der Waals surface area contributed by atoms with Gasteiger partial charge in [0.05, 0.1) is 18.1 Å². The van der Waals surface area contributed by atoms with Crippen LogP contribution in [0, 0.1) is 11.3 Å². The van der Waals surface area contributed by atoms with Gasteiger partial charge in [-0.15, -0.1) is 0 Å². The third kappa shape index (κ3) is 4.02. The van der Waals surface area contributed by atoms with Crippen molar-refractivity contribution >= 4 is 23.4 Å². The van der Waals surface area contributed by atoms with E-state index in [4.69, 9.17) is 16.3 Å². The predicted octanol–water partition coefficient (Wildman–Crippen LogP) is 3.88. The summed E-state index contributed by atoms with van der Waals surface area (Å²) in [6.07, 6.45) is 4.03. The first-order valence-corrected chi connectivity index (χ1v) is 11.2. The number of benzene rings is 1. The Morgan fingerprint density at radius 2 is 1.83 bits per heavy atom. The average Bonchev–Trinajstić information content (AvgIpc) is 2.71.